The fourth-order valence-electron chi connectivity index (χ4n) is 1.34. The third kappa shape index (κ3) is 6.09. The van der Waals surface area contributed by atoms with Crippen molar-refractivity contribution >= 4 is 0 Å². The van der Waals surface area contributed by atoms with Gasteiger partial charge in [-0.1, -0.05) is 13.8 Å². The van der Waals surface area contributed by atoms with Crippen LogP contribution in [0.1, 0.15) is 26.7 Å². The van der Waals surface area contributed by atoms with E-state index in [1.807, 2.05) is 13.8 Å². The van der Waals surface area contributed by atoms with E-state index in [0.29, 0.717) is 12.3 Å². The second kappa shape index (κ2) is 5.94. The molecule has 0 heterocycles. The Morgan fingerprint density at radius 2 is 2.08 bits per heavy atom. The molecule has 0 radical (unpaired) electrons. The summed E-state index contributed by atoms with van der Waals surface area (Å²) < 4.78 is 0. The Kier molecular flexibility index (Phi) is 5.62. The Bertz CT molecular complexity index is 136. The highest BCUT2D eigenvalue weighted by atomic mass is 16.6. The molecule has 72 valence electrons. The summed E-state index contributed by atoms with van der Waals surface area (Å²) in [5, 5.41) is 18.8. The lowest BCUT2D eigenvalue weighted by Crippen LogP contribution is -2.17. The Labute approximate surface area is 72.7 Å². The Morgan fingerprint density at radius 1 is 1.50 bits per heavy atom. The van der Waals surface area contributed by atoms with Gasteiger partial charge < -0.3 is 5.11 Å². The van der Waals surface area contributed by atoms with Gasteiger partial charge in [0.15, 0.2) is 0 Å². The van der Waals surface area contributed by atoms with Gasteiger partial charge in [-0.2, -0.15) is 0 Å². The SMILES string of the molecule is CC(C)C[C@@H](CCO)C[N+](=O)[O-]. The van der Waals surface area contributed by atoms with Gasteiger partial charge in [-0.25, -0.2) is 0 Å². The van der Waals surface area contributed by atoms with Gasteiger partial charge in [-0.05, 0) is 18.8 Å². The molecule has 0 aliphatic rings. The first-order valence-electron chi connectivity index (χ1n) is 4.29. The third-order valence-electron chi connectivity index (χ3n) is 1.75. The molecule has 0 saturated heterocycles. The number of hydrogen-bond acceptors (Lipinski definition) is 3. The maximum absolute atomic E-state index is 10.2. The number of nitrogens with zero attached hydrogens (tertiary/aromatic N) is 1. The molecular formula is C8H17NO3. The van der Waals surface area contributed by atoms with E-state index in [4.69, 9.17) is 5.11 Å². The van der Waals surface area contributed by atoms with Crippen molar-refractivity contribution in [2.45, 2.75) is 26.7 Å². The molecule has 0 aliphatic heterocycles. The average molecular weight is 175 g/mol. The summed E-state index contributed by atoms with van der Waals surface area (Å²) in [6.45, 7) is 4.10. The highest BCUT2D eigenvalue weighted by molar-refractivity contribution is 4.59. The molecule has 0 spiro atoms. The Morgan fingerprint density at radius 3 is 2.42 bits per heavy atom. The van der Waals surface area contributed by atoms with E-state index in [-0.39, 0.29) is 24.0 Å². The van der Waals surface area contributed by atoms with E-state index in [9.17, 15) is 10.1 Å². The fraction of sp³-hybridized carbons (Fsp3) is 1.00. The Balaban J connectivity index is 3.77. The fourth-order valence-corrected chi connectivity index (χ4v) is 1.34. The van der Waals surface area contributed by atoms with E-state index in [2.05, 4.69) is 0 Å². The van der Waals surface area contributed by atoms with Crippen molar-refractivity contribution in [2.75, 3.05) is 13.2 Å². The van der Waals surface area contributed by atoms with Crippen LogP contribution in [0, 0.1) is 22.0 Å². The lowest BCUT2D eigenvalue weighted by atomic mass is 9.95. The predicted molar refractivity (Wildman–Crippen MR) is 46.5 cm³/mol. The van der Waals surface area contributed by atoms with Crippen LogP contribution in [0.5, 0.6) is 0 Å². The second-order valence-corrected chi connectivity index (χ2v) is 3.52. The number of rotatable bonds is 6. The van der Waals surface area contributed by atoms with Crippen LogP contribution in [-0.4, -0.2) is 23.2 Å². The lowest BCUT2D eigenvalue weighted by molar-refractivity contribution is -0.488. The van der Waals surface area contributed by atoms with Crippen LogP contribution in [-0.2, 0) is 0 Å². The molecule has 0 aliphatic carbocycles. The number of hydrogen-bond donors (Lipinski definition) is 1. The van der Waals surface area contributed by atoms with Crippen molar-refractivity contribution in [2.24, 2.45) is 11.8 Å². The largest absolute Gasteiger partial charge is 0.396 e. The smallest absolute Gasteiger partial charge is 0.206 e. The first kappa shape index (κ1) is 11.4. The quantitative estimate of drug-likeness (QED) is 0.489. The van der Waals surface area contributed by atoms with Crippen LogP contribution in [0.15, 0.2) is 0 Å². The molecule has 0 bridgehead atoms. The highest BCUT2D eigenvalue weighted by Gasteiger charge is 2.15. The van der Waals surface area contributed by atoms with Gasteiger partial charge in [-0.3, -0.25) is 10.1 Å². The number of nitro groups is 1. The molecule has 0 aromatic rings. The van der Waals surface area contributed by atoms with Gasteiger partial charge >= 0.3 is 0 Å². The van der Waals surface area contributed by atoms with Crippen molar-refractivity contribution in [1.82, 2.24) is 0 Å². The van der Waals surface area contributed by atoms with Crippen molar-refractivity contribution in [3.05, 3.63) is 10.1 Å². The zero-order valence-electron chi connectivity index (χ0n) is 7.69. The summed E-state index contributed by atoms with van der Waals surface area (Å²) in [5.41, 5.74) is 0. The summed E-state index contributed by atoms with van der Waals surface area (Å²) in [4.78, 5) is 9.89. The highest BCUT2D eigenvalue weighted by Crippen LogP contribution is 2.14. The van der Waals surface area contributed by atoms with Crippen molar-refractivity contribution in [3.8, 4) is 0 Å². The van der Waals surface area contributed by atoms with Crippen molar-refractivity contribution < 1.29 is 10.0 Å². The normalized spacial score (nSPS) is 13.3. The van der Waals surface area contributed by atoms with E-state index < -0.39 is 0 Å². The monoisotopic (exact) mass is 175 g/mol. The summed E-state index contributed by atoms with van der Waals surface area (Å²) in [7, 11) is 0. The standard InChI is InChI=1S/C8H17NO3/c1-7(2)5-8(3-4-10)6-9(11)12/h7-8,10H,3-6H2,1-2H3/t8-/m1/s1. The maximum atomic E-state index is 10.2. The predicted octanol–water partition coefficient (Wildman–Crippen LogP) is 1.31. The molecule has 0 unspecified atom stereocenters. The van der Waals surface area contributed by atoms with Gasteiger partial charge in [0, 0.05) is 17.4 Å². The molecule has 0 aromatic heterocycles. The van der Waals surface area contributed by atoms with Crippen LogP contribution < -0.4 is 0 Å². The zero-order chi connectivity index (χ0) is 9.56. The molecule has 0 amide bonds. The maximum Gasteiger partial charge on any atom is 0.206 e. The topological polar surface area (TPSA) is 63.4 Å². The summed E-state index contributed by atoms with van der Waals surface area (Å²) in [6, 6.07) is 0. The van der Waals surface area contributed by atoms with Gasteiger partial charge in [0.25, 0.3) is 0 Å². The minimum Gasteiger partial charge on any atom is -0.396 e. The average Bonchev–Trinajstić information content (AvgIpc) is 1.84. The van der Waals surface area contributed by atoms with Crippen LogP contribution in [0.3, 0.4) is 0 Å². The van der Waals surface area contributed by atoms with E-state index in [1.54, 1.807) is 0 Å². The second-order valence-electron chi connectivity index (χ2n) is 3.52. The van der Waals surface area contributed by atoms with Crippen LogP contribution in [0.2, 0.25) is 0 Å². The molecule has 0 rings (SSSR count). The van der Waals surface area contributed by atoms with E-state index in [0.717, 1.165) is 6.42 Å². The molecule has 0 fully saturated rings. The lowest BCUT2D eigenvalue weighted by Gasteiger charge is -2.12. The summed E-state index contributed by atoms with van der Waals surface area (Å²) in [6.07, 6.45) is 1.36. The number of aliphatic hydroxyl groups is 1. The third-order valence-corrected chi connectivity index (χ3v) is 1.75. The zero-order valence-corrected chi connectivity index (χ0v) is 7.69. The summed E-state index contributed by atoms with van der Waals surface area (Å²) >= 11 is 0. The molecule has 0 saturated carbocycles. The van der Waals surface area contributed by atoms with Gasteiger partial charge in [-0.15, -0.1) is 0 Å². The number of aliphatic hydroxyl groups excluding tert-OH is 1. The molecule has 1 atom stereocenters. The summed E-state index contributed by atoms with van der Waals surface area (Å²) in [5.74, 6) is 0.492. The molecule has 0 aromatic carbocycles. The first-order valence-corrected chi connectivity index (χ1v) is 4.29. The van der Waals surface area contributed by atoms with E-state index in [1.165, 1.54) is 0 Å². The van der Waals surface area contributed by atoms with Crippen molar-refractivity contribution in [1.29, 1.82) is 0 Å². The van der Waals surface area contributed by atoms with E-state index >= 15 is 0 Å². The molecule has 12 heavy (non-hydrogen) atoms. The van der Waals surface area contributed by atoms with Crippen molar-refractivity contribution in [3.63, 3.8) is 0 Å². The van der Waals surface area contributed by atoms with Crippen LogP contribution in [0.25, 0.3) is 0 Å². The van der Waals surface area contributed by atoms with Crippen LogP contribution in [0.4, 0.5) is 0 Å². The molecule has 4 nitrogen and oxygen atoms in total. The first-order chi connectivity index (χ1) is 5.56. The molecular weight excluding hydrogens is 158 g/mol. The Hall–Kier alpha value is -0.640. The van der Waals surface area contributed by atoms with Gasteiger partial charge in [0.1, 0.15) is 0 Å². The van der Waals surface area contributed by atoms with Gasteiger partial charge in [0.2, 0.25) is 6.54 Å². The van der Waals surface area contributed by atoms with Crippen LogP contribution >= 0.6 is 0 Å². The van der Waals surface area contributed by atoms with Gasteiger partial charge in [0.05, 0.1) is 0 Å². The molecule has 4 heteroatoms. The minimum atomic E-state index is -0.303. The molecule has 1 N–H and O–H groups in total. The minimum absolute atomic E-state index is 0.0151.